The molecule has 0 amide bonds. The van der Waals surface area contributed by atoms with Crippen molar-refractivity contribution in [2.45, 2.75) is 51.7 Å². The Morgan fingerprint density at radius 2 is 2.22 bits per heavy atom. The number of aliphatic hydroxyl groups is 1. The molecule has 0 aromatic carbocycles. The van der Waals surface area contributed by atoms with E-state index in [1.165, 1.54) is 13.5 Å². The second-order valence-electron chi connectivity index (χ2n) is 7.84. The van der Waals surface area contributed by atoms with Crippen LogP contribution in [0.2, 0.25) is 0 Å². The Morgan fingerprint density at radius 3 is 2.93 bits per heavy atom. The summed E-state index contributed by atoms with van der Waals surface area (Å²) in [6.07, 6.45) is 5.50. The van der Waals surface area contributed by atoms with Crippen LogP contribution < -0.4 is 4.90 Å². The van der Waals surface area contributed by atoms with E-state index in [0.717, 1.165) is 50.5 Å². The molecule has 1 aliphatic heterocycles. The number of pyridine rings is 1. The van der Waals surface area contributed by atoms with Crippen LogP contribution in [0.25, 0.3) is 11.2 Å². The molecule has 2 aromatic rings. The molecule has 7 nitrogen and oxygen atoms in total. The molecule has 2 aromatic heterocycles. The van der Waals surface area contributed by atoms with Gasteiger partial charge in [-0.3, -0.25) is 4.57 Å². The highest BCUT2D eigenvalue weighted by Crippen LogP contribution is 2.45. The number of carbonyl (C=O) groups is 1. The number of hydrogen-bond donors (Lipinski definition) is 1. The highest BCUT2D eigenvalue weighted by Gasteiger charge is 2.48. The van der Waals surface area contributed by atoms with E-state index in [9.17, 15) is 9.90 Å². The molecule has 27 heavy (non-hydrogen) atoms. The molecule has 146 valence electrons. The van der Waals surface area contributed by atoms with Gasteiger partial charge in [0.15, 0.2) is 5.65 Å². The molecule has 3 heterocycles. The summed E-state index contributed by atoms with van der Waals surface area (Å²) in [6.45, 7) is 6.65. The van der Waals surface area contributed by atoms with Crippen molar-refractivity contribution in [3.05, 3.63) is 17.8 Å². The Labute approximate surface area is 159 Å². The zero-order valence-electron chi connectivity index (χ0n) is 16.3. The average molecular weight is 372 g/mol. The molecule has 1 N–H and O–H groups in total. The molecule has 1 saturated heterocycles. The molecule has 2 aliphatic rings. The molecule has 3 atom stereocenters. The molecule has 0 unspecified atom stereocenters. The van der Waals surface area contributed by atoms with Crippen molar-refractivity contribution in [1.82, 2.24) is 14.5 Å². The van der Waals surface area contributed by atoms with E-state index in [4.69, 9.17) is 9.72 Å². The molecule has 7 heteroatoms. The number of hydrogen-bond acceptors (Lipinski definition) is 6. The van der Waals surface area contributed by atoms with Crippen molar-refractivity contribution in [2.24, 2.45) is 11.8 Å². The number of methoxy groups -OCH3 is 1. The summed E-state index contributed by atoms with van der Waals surface area (Å²) in [7, 11) is 1.36. The number of imidazole rings is 1. The van der Waals surface area contributed by atoms with Gasteiger partial charge in [-0.2, -0.15) is 0 Å². The van der Waals surface area contributed by atoms with Gasteiger partial charge in [-0.25, -0.2) is 14.8 Å². The minimum atomic E-state index is -0.559. The molecular formula is C20H28N4O3. The molecule has 1 aliphatic carbocycles. The van der Waals surface area contributed by atoms with Gasteiger partial charge in [-0.1, -0.05) is 13.3 Å². The molecule has 2 fully saturated rings. The number of esters is 1. The SMILES string of the molecule is CCn1c(N2C[C@@H]3CCC[C@@](O)(CC)[C@@H]3C2)nc2cc(C(=O)OC)cnc21. The lowest BCUT2D eigenvalue weighted by Gasteiger charge is -2.40. The van der Waals surface area contributed by atoms with Crippen LogP contribution in [0.3, 0.4) is 0 Å². The number of fused-ring (bicyclic) bond motifs is 2. The summed E-state index contributed by atoms with van der Waals surface area (Å²) in [5.41, 5.74) is 1.33. The van der Waals surface area contributed by atoms with Crippen LogP contribution in [0.5, 0.6) is 0 Å². The van der Waals surface area contributed by atoms with E-state index >= 15 is 0 Å². The van der Waals surface area contributed by atoms with Gasteiger partial charge in [0.05, 0.1) is 18.3 Å². The Morgan fingerprint density at radius 1 is 1.41 bits per heavy atom. The summed E-state index contributed by atoms with van der Waals surface area (Å²) in [4.78, 5) is 23.4. The second-order valence-corrected chi connectivity index (χ2v) is 7.84. The van der Waals surface area contributed by atoms with E-state index in [0.29, 0.717) is 22.9 Å². The number of carbonyl (C=O) groups excluding carboxylic acids is 1. The number of aryl methyl sites for hydroxylation is 1. The van der Waals surface area contributed by atoms with Gasteiger partial charge in [0, 0.05) is 31.7 Å². The van der Waals surface area contributed by atoms with Gasteiger partial charge in [0.2, 0.25) is 5.95 Å². The molecule has 4 rings (SSSR count). The van der Waals surface area contributed by atoms with Crippen molar-refractivity contribution in [1.29, 1.82) is 0 Å². The predicted molar refractivity (Wildman–Crippen MR) is 103 cm³/mol. The summed E-state index contributed by atoms with van der Waals surface area (Å²) < 4.78 is 6.89. The zero-order valence-corrected chi connectivity index (χ0v) is 16.3. The number of aromatic nitrogens is 3. The lowest BCUT2D eigenvalue weighted by atomic mass is 9.69. The van der Waals surface area contributed by atoms with Gasteiger partial charge in [0.1, 0.15) is 5.52 Å². The fourth-order valence-corrected chi connectivity index (χ4v) is 4.99. The fourth-order valence-electron chi connectivity index (χ4n) is 4.99. The Bertz CT molecular complexity index is 864. The van der Waals surface area contributed by atoms with E-state index in [1.54, 1.807) is 12.3 Å². The quantitative estimate of drug-likeness (QED) is 0.831. The third-order valence-electron chi connectivity index (χ3n) is 6.51. The maximum absolute atomic E-state index is 11.8. The van der Waals surface area contributed by atoms with Gasteiger partial charge in [-0.15, -0.1) is 0 Å². The minimum absolute atomic E-state index is 0.292. The summed E-state index contributed by atoms with van der Waals surface area (Å²) in [5.74, 6) is 1.28. The molecule has 0 spiro atoms. The average Bonchev–Trinajstić information content (AvgIpc) is 3.28. The smallest absolute Gasteiger partial charge is 0.339 e. The topological polar surface area (TPSA) is 80.5 Å². The van der Waals surface area contributed by atoms with Crippen molar-refractivity contribution < 1.29 is 14.6 Å². The van der Waals surface area contributed by atoms with Gasteiger partial charge in [-0.05, 0) is 38.2 Å². The van der Waals surface area contributed by atoms with Crippen LogP contribution in [0.4, 0.5) is 5.95 Å². The maximum atomic E-state index is 11.8. The van der Waals surface area contributed by atoms with Crippen LogP contribution in [0.15, 0.2) is 12.3 Å². The largest absolute Gasteiger partial charge is 0.465 e. The summed E-state index contributed by atoms with van der Waals surface area (Å²) in [5, 5.41) is 11.1. The summed E-state index contributed by atoms with van der Waals surface area (Å²) >= 11 is 0. The van der Waals surface area contributed by atoms with Crippen LogP contribution >= 0.6 is 0 Å². The van der Waals surface area contributed by atoms with Crippen LogP contribution in [0.1, 0.15) is 49.9 Å². The number of anilines is 1. The first-order valence-electron chi connectivity index (χ1n) is 9.92. The van der Waals surface area contributed by atoms with E-state index in [2.05, 4.69) is 28.3 Å². The van der Waals surface area contributed by atoms with Gasteiger partial charge < -0.3 is 14.7 Å². The van der Waals surface area contributed by atoms with E-state index in [-0.39, 0.29) is 0 Å². The molecular weight excluding hydrogens is 344 g/mol. The maximum Gasteiger partial charge on any atom is 0.339 e. The fraction of sp³-hybridized carbons (Fsp3) is 0.650. The first-order chi connectivity index (χ1) is 13.0. The third-order valence-corrected chi connectivity index (χ3v) is 6.51. The van der Waals surface area contributed by atoms with Crippen molar-refractivity contribution in [2.75, 3.05) is 25.1 Å². The Hall–Kier alpha value is -2.15. The lowest BCUT2D eigenvalue weighted by molar-refractivity contribution is -0.0597. The third kappa shape index (κ3) is 2.88. The Balaban J connectivity index is 1.70. The number of rotatable bonds is 4. The highest BCUT2D eigenvalue weighted by molar-refractivity contribution is 5.92. The number of nitrogens with zero attached hydrogens (tertiary/aromatic N) is 4. The first kappa shape index (κ1) is 18.2. The van der Waals surface area contributed by atoms with E-state index < -0.39 is 11.6 Å². The van der Waals surface area contributed by atoms with Crippen molar-refractivity contribution in [3.8, 4) is 0 Å². The first-order valence-corrected chi connectivity index (χ1v) is 9.92. The van der Waals surface area contributed by atoms with Crippen LogP contribution in [-0.4, -0.2) is 51.4 Å². The molecule has 0 radical (unpaired) electrons. The second kappa shape index (κ2) is 6.78. The molecule has 1 saturated carbocycles. The Kier molecular flexibility index (Phi) is 4.58. The monoisotopic (exact) mass is 372 g/mol. The zero-order chi connectivity index (χ0) is 19.2. The lowest BCUT2D eigenvalue weighted by Crippen LogP contribution is -2.44. The van der Waals surface area contributed by atoms with Crippen molar-refractivity contribution in [3.63, 3.8) is 0 Å². The van der Waals surface area contributed by atoms with Gasteiger partial charge >= 0.3 is 5.97 Å². The van der Waals surface area contributed by atoms with Crippen LogP contribution in [-0.2, 0) is 11.3 Å². The minimum Gasteiger partial charge on any atom is -0.465 e. The summed E-state index contributed by atoms with van der Waals surface area (Å²) in [6, 6.07) is 1.75. The highest BCUT2D eigenvalue weighted by atomic mass is 16.5. The van der Waals surface area contributed by atoms with Gasteiger partial charge in [0.25, 0.3) is 0 Å². The standard InChI is InChI=1S/C20H28N4O3/c1-4-20(26)8-6-7-13-11-23(12-15(13)20)19-22-16-9-14(18(25)27-3)10-21-17(16)24(19)5-2/h9-10,13,15,26H,4-8,11-12H2,1-3H3/t13-,15+,20-/m0/s1. The number of ether oxygens (including phenoxy) is 1. The predicted octanol–water partition coefficient (Wildman–Crippen LogP) is 2.62. The van der Waals surface area contributed by atoms with Crippen molar-refractivity contribution >= 4 is 23.1 Å². The van der Waals surface area contributed by atoms with E-state index in [1.807, 2.05) is 0 Å². The van der Waals surface area contributed by atoms with Crippen LogP contribution in [0, 0.1) is 11.8 Å². The molecule has 0 bridgehead atoms. The normalized spacial score (nSPS) is 27.8.